The van der Waals surface area contributed by atoms with Crippen molar-refractivity contribution < 1.29 is 0 Å². The van der Waals surface area contributed by atoms with E-state index in [0.29, 0.717) is 0 Å². The summed E-state index contributed by atoms with van der Waals surface area (Å²) in [5, 5.41) is 0. The first-order chi connectivity index (χ1) is 8.34. The number of rotatable bonds is 4. The lowest BCUT2D eigenvalue weighted by molar-refractivity contribution is 0.248. The molecule has 0 N–H and O–H groups in total. The number of piperidine rings is 1. The Morgan fingerprint density at radius 3 is 2.53 bits per heavy atom. The molecule has 0 bridgehead atoms. The summed E-state index contributed by atoms with van der Waals surface area (Å²) < 4.78 is 0. The minimum atomic E-state index is 1.02. The highest BCUT2D eigenvalue weighted by Gasteiger charge is 2.09. The third kappa shape index (κ3) is 4.20. The van der Waals surface area contributed by atoms with E-state index in [2.05, 4.69) is 47.9 Å². The molecular weight excluding hydrogens is 206 g/mol. The lowest BCUT2D eigenvalue weighted by atomic mass is 10.1. The van der Waals surface area contributed by atoms with Gasteiger partial charge in [-0.2, -0.15) is 0 Å². The van der Waals surface area contributed by atoms with Gasteiger partial charge in [-0.3, -0.25) is 4.90 Å². The summed E-state index contributed by atoms with van der Waals surface area (Å²) in [5.74, 6) is 0. The molecule has 1 nitrogen and oxygen atoms in total. The normalized spacial score (nSPS) is 17.4. The van der Waals surface area contributed by atoms with Crippen molar-refractivity contribution in [1.29, 1.82) is 0 Å². The lowest BCUT2D eigenvalue weighted by Gasteiger charge is -2.26. The van der Waals surface area contributed by atoms with Crippen molar-refractivity contribution in [3.05, 3.63) is 54.1 Å². The van der Waals surface area contributed by atoms with Gasteiger partial charge in [0.05, 0.1) is 0 Å². The van der Waals surface area contributed by atoms with Crippen LogP contribution in [0.3, 0.4) is 0 Å². The number of hydrogen-bond donors (Lipinski definition) is 0. The van der Waals surface area contributed by atoms with E-state index in [4.69, 9.17) is 0 Å². The van der Waals surface area contributed by atoms with Gasteiger partial charge >= 0.3 is 0 Å². The summed E-state index contributed by atoms with van der Waals surface area (Å²) >= 11 is 0. The van der Waals surface area contributed by atoms with Crippen LogP contribution >= 0.6 is 0 Å². The van der Waals surface area contributed by atoms with Crippen LogP contribution in [-0.2, 0) is 0 Å². The zero-order chi connectivity index (χ0) is 11.9. The quantitative estimate of drug-likeness (QED) is 0.708. The van der Waals surface area contributed by atoms with Crippen LogP contribution in [0.5, 0.6) is 0 Å². The monoisotopic (exact) mass is 227 g/mol. The molecule has 1 saturated heterocycles. The summed E-state index contributed by atoms with van der Waals surface area (Å²) in [6.07, 6.45) is 8.37. The van der Waals surface area contributed by atoms with E-state index in [9.17, 15) is 0 Å². The molecule has 0 spiro atoms. The van der Waals surface area contributed by atoms with Crippen LogP contribution in [0.15, 0.2) is 48.6 Å². The molecule has 1 aliphatic heterocycles. The van der Waals surface area contributed by atoms with E-state index in [1.165, 1.54) is 43.5 Å². The molecule has 1 aromatic carbocycles. The van der Waals surface area contributed by atoms with Crippen molar-refractivity contribution in [1.82, 2.24) is 4.90 Å². The highest BCUT2D eigenvalue weighted by Crippen LogP contribution is 2.11. The predicted octanol–water partition coefficient (Wildman–Crippen LogP) is 3.74. The van der Waals surface area contributed by atoms with Gasteiger partial charge in [-0.25, -0.2) is 0 Å². The molecule has 0 aliphatic carbocycles. The fourth-order valence-electron chi connectivity index (χ4n) is 2.24. The standard InChI is InChI=1S/C16H21N/c1-15(14-17-12-6-3-7-13-17)10-11-16-8-4-2-5-9-16/h2,4-5,8-11H,1,3,6-7,12-14H2/b11-10+. The number of likely N-dealkylation sites (tertiary alicyclic amines) is 1. The average Bonchev–Trinajstić information content (AvgIpc) is 2.39. The fraction of sp³-hybridized carbons (Fsp3) is 0.375. The Balaban J connectivity index is 1.82. The second-order valence-corrected chi connectivity index (χ2v) is 4.74. The van der Waals surface area contributed by atoms with Crippen LogP contribution in [-0.4, -0.2) is 24.5 Å². The third-order valence-corrected chi connectivity index (χ3v) is 3.19. The second kappa shape index (κ2) is 6.41. The second-order valence-electron chi connectivity index (χ2n) is 4.74. The van der Waals surface area contributed by atoms with E-state index in [1.807, 2.05) is 6.07 Å². The molecule has 1 aromatic rings. The van der Waals surface area contributed by atoms with Gasteiger partial charge in [0.15, 0.2) is 0 Å². The first kappa shape index (κ1) is 12.1. The van der Waals surface area contributed by atoms with E-state index in [0.717, 1.165) is 6.54 Å². The van der Waals surface area contributed by atoms with Crippen LogP contribution in [0.4, 0.5) is 0 Å². The highest BCUT2D eigenvalue weighted by atomic mass is 15.1. The molecule has 2 rings (SSSR count). The maximum absolute atomic E-state index is 4.14. The molecule has 1 heteroatoms. The van der Waals surface area contributed by atoms with E-state index >= 15 is 0 Å². The Hall–Kier alpha value is -1.34. The largest absolute Gasteiger partial charge is 0.299 e. The van der Waals surface area contributed by atoms with Crippen LogP contribution in [0.25, 0.3) is 6.08 Å². The van der Waals surface area contributed by atoms with Gasteiger partial charge in [0.2, 0.25) is 0 Å². The molecule has 1 heterocycles. The van der Waals surface area contributed by atoms with Gasteiger partial charge in [0.25, 0.3) is 0 Å². The smallest absolute Gasteiger partial charge is 0.0227 e. The van der Waals surface area contributed by atoms with Crippen LogP contribution in [0.2, 0.25) is 0 Å². The first-order valence-corrected chi connectivity index (χ1v) is 6.48. The van der Waals surface area contributed by atoms with Crippen molar-refractivity contribution in [2.24, 2.45) is 0 Å². The van der Waals surface area contributed by atoms with Crippen molar-refractivity contribution >= 4 is 6.08 Å². The van der Waals surface area contributed by atoms with Crippen LogP contribution in [0.1, 0.15) is 24.8 Å². The predicted molar refractivity (Wildman–Crippen MR) is 74.9 cm³/mol. The molecule has 0 amide bonds. The summed E-state index contributed by atoms with van der Waals surface area (Å²) in [4.78, 5) is 2.50. The topological polar surface area (TPSA) is 3.24 Å². The number of benzene rings is 1. The van der Waals surface area contributed by atoms with Gasteiger partial charge in [0, 0.05) is 6.54 Å². The molecule has 0 unspecified atom stereocenters. The Morgan fingerprint density at radius 1 is 1.12 bits per heavy atom. The van der Waals surface area contributed by atoms with Gasteiger partial charge in [-0.1, -0.05) is 55.5 Å². The molecule has 1 fully saturated rings. The molecule has 0 saturated carbocycles. The molecular formula is C16H21N. The maximum atomic E-state index is 4.14. The first-order valence-electron chi connectivity index (χ1n) is 6.48. The minimum Gasteiger partial charge on any atom is -0.299 e. The zero-order valence-electron chi connectivity index (χ0n) is 10.4. The van der Waals surface area contributed by atoms with E-state index in [1.54, 1.807) is 0 Å². The highest BCUT2D eigenvalue weighted by molar-refractivity contribution is 5.52. The maximum Gasteiger partial charge on any atom is 0.0227 e. The number of hydrogen-bond acceptors (Lipinski definition) is 1. The van der Waals surface area contributed by atoms with Crippen molar-refractivity contribution in [3.8, 4) is 0 Å². The summed E-state index contributed by atoms with van der Waals surface area (Å²) in [7, 11) is 0. The van der Waals surface area contributed by atoms with Crippen LogP contribution < -0.4 is 0 Å². The zero-order valence-corrected chi connectivity index (χ0v) is 10.4. The van der Waals surface area contributed by atoms with Gasteiger partial charge in [-0.05, 0) is 37.1 Å². The number of nitrogens with zero attached hydrogens (tertiary/aromatic N) is 1. The molecule has 1 aliphatic rings. The summed E-state index contributed by atoms with van der Waals surface area (Å²) in [6, 6.07) is 10.4. The molecule has 0 radical (unpaired) electrons. The third-order valence-electron chi connectivity index (χ3n) is 3.19. The van der Waals surface area contributed by atoms with Gasteiger partial charge in [-0.15, -0.1) is 0 Å². The van der Waals surface area contributed by atoms with E-state index in [-0.39, 0.29) is 0 Å². The lowest BCUT2D eigenvalue weighted by Crippen LogP contribution is -2.30. The SMILES string of the molecule is C=C(/C=C/c1ccccc1)CN1CCCCC1. The molecule has 0 aromatic heterocycles. The van der Waals surface area contributed by atoms with Crippen molar-refractivity contribution in [3.63, 3.8) is 0 Å². The van der Waals surface area contributed by atoms with Gasteiger partial charge < -0.3 is 0 Å². The molecule has 90 valence electrons. The minimum absolute atomic E-state index is 1.02. The average molecular weight is 227 g/mol. The van der Waals surface area contributed by atoms with E-state index < -0.39 is 0 Å². The Kier molecular flexibility index (Phi) is 4.57. The fourth-order valence-corrected chi connectivity index (χ4v) is 2.24. The summed E-state index contributed by atoms with van der Waals surface area (Å²) in [5.41, 5.74) is 2.45. The van der Waals surface area contributed by atoms with Crippen molar-refractivity contribution in [2.45, 2.75) is 19.3 Å². The van der Waals surface area contributed by atoms with Crippen molar-refractivity contribution in [2.75, 3.05) is 19.6 Å². The Bertz CT molecular complexity index is 372. The van der Waals surface area contributed by atoms with Crippen LogP contribution in [0, 0.1) is 0 Å². The van der Waals surface area contributed by atoms with Gasteiger partial charge in [0.1, 0.15) is 0 Å². The summed E-state index contributed by atoms with van der Waals surface area (Å²) in [6.45, 7) is 7.62. The molecule has 17 heavy (non-hydrogen) atoms. The Morgan fingerprint density at radius 2 is 1.82 bits per heavy atom. The Labute approximate surface area is 104 Å². The molecule has 0 atom stereocenters.